The Hall–Kier alpha value is -1.61. The van der Waals surface area contributed by atoms with Gasteiger partial charge >= 0.3 is 5.63 Å². The van der Waals surface area contributed by atoms with Crippen molar-refractivity contribution in [2.45, 2.75) is 26.2 Å². The Morgan fingerprint density at radius 3 is 2.35 bits per heavy atom. The number of rotatable bonds is 0. The molecule has 0 bridgehead atoms. The highest BCUT2D eigenvalue weighted by molar-refractivity contribution is 9.10. The van der Waals surface area contributed by atoms with Gasteiger partial charge in [0.2, 0.25) is 0 Å². The Bertz CT molecular complexity index is 870. The molecule has 0 saturated heterocycles. The van der Waals surface area contributed by atoms with Crippen molar-refractivity contribution < 1.29 is 4.42 Å². The lowest BCUT2D eigenvalue weighted by molar-refractivity contribution is 0.560. The summed E-state index contributed by atoms with van der Waals surface area (Å²) in [6.07, 6.45) is 0. The standard InChI is InChI=1S/C17H15BrO2/c1-17(2,3)10-4-6-13-12-7-5-11(18)9-14(12)16(19)20-15(13)8-10/h4-9H,1-3H3. The molecule has 0 N–H and O–H groups in total. The van der Waals surface area contributed by atoms with E-state index in [1.165, 1.54) is 0 Å². The molecule has 3 rings (SSSR count). The van der Waals surface area contributed by atoms with Gasteiger partial charge in [0, 0.05) is 9.86 Å². The second kappa shape index (κ2) is 4.45. The Morgan fingerprint density at radius 2 is 1.65 bits per heavy atom. The van der Waals surface area contributed by atoms with Crippen molar-refractivity contribution in [3.05, 3.63) is 56.9 Å². The maximum Gasteiger partial charge on any atom is 0.344 e. The van der Waals surface area contributed by atoms with E-state index >= 15 is 0 Å². The van der Waals surface area contributed by atoms with E-state index in [0.29, 0.717) is 11.0 Å². The van der Waals surface area contributed by atoms with E-state index in [9.17, 15) is 4.79 Å². The van der Waals surface area contributed by atoms with Crippen LogP contribution in [0.5, 0.6) is 0 Å². The highest BCUT2D eigenvalue weighted by Crippen LogP contribution is 2.29. The fourth-order valence-electron chi connectivity index (χ4n) is 2.37. The molecule has 0 amide bonds. The van der Waals surface area contributed by atoms with Crippen molar-refractivity contribution in [1.29, 1.82) is 0 Å². The third-order valence-corrected chi connectivity index (χ3v) is 4.04. The average molecular weight is 331 g/mol. The van der Waals surface area contributed by atoms with E-state index in [1.54, 1.807) is 6.07 Å². The molecule has 2 aromatic carbocycles. The highest BCUT2D eigenvalue weighted by Gasteiger charge is 2.16. The first-order valence-corrected chi connectivity index (χ1v) is 7.32. The summed E-state index contributed by atoms with van der Waals surface area (Å²) >= 11 is 3.39. The van der Waals surface area contributed by atoms with Crippen LogP contribution in [0.3, 0.4) is 0 Å². The Morgan fingerprint density at radius 1 is 0.950 bits per heavy atom. The number of fused-ring (bicyclic) bond motifs is 3. The second-order valence-electron chi connectivity index (χ2n) is 6.04. The minimum absolute atomic E-state index is 0.0292. The van der Waals surface area contributed by atoms with Crippen molar-refractivity contribution in [2.75, 3.05) is 0 Å². The molecule has 0 aliphatic carbocycles. The fourth-order valence-corrected chi connectivity index (χ4v) is 2.73. The normalized spacial score (nSPS) is 12.2. The molecule has 2 nitrogen and oxygen atoms in total. The monoisotopic (exact) mass is 330 g/mol. The largest absolute Gasteiger partial charge is 0.422 e. The van der Waals surface area contributed by atoms with Gasteiger partial charge < -0.3 is 4.42 Å². The fraction of sp³-hybridized carbons (Fsp3) is 0.235. The summed E-state index contributed by atoms with van der Waals surface area (Å²) in [6.45, 7) is 6.43. The molecule has 20 heavy (non-hydrogen) atoms. The molecule has 3 aromatic rings. The van der Waals surface area contributed by atoms with Gasteiger partial charge in [0.15, 0.2) is 0 Å². The highest BCUT2D eigenvalue weighted by atomic mass is 79.9. The third kappa shape index (κ3) is 2.16. The lowest BCUT2D eigenvalue weighted by Crippen LogP contribution is -2.11. The van der Waals surface area contributed by atoms with Crippen LogP contribution in [-0.4, -0.2) is 0 Å². The Balaban J connectivity index is 2.43. The lowest BCUT2D eigenvalue weighted by Gasteiger charge is -2.19. The summed E-state index contributed by atoms with van der Waals surface area (Å²) < 4.78 is 6.37. The van der Waals surface area contributed by atoms with Crippen molar-refractivity contribution >= 4 is 37.7 Å². The van der Waals surface area contributed by atoms with E-state index < -0.39 is 0 Å². The number of halogens is 1. The van der Waals surface area contributed by atoms with Crippen LogP contribution in [-0.2, 0) is 5.41 Å². The van der Waals surface area contributed by atoms with Crippen molar-refractivity contribution in [3.8, 4) is 0 Å². The van der Waals surface area contributed by atoms with Crippen molar-refractivity contribution in [1.82, 2.24) is 0 Å². The molecule has 1 heterocycles. The van der Waals surface area contributed by atoms with Crippen LogP contribution in [0.25, 0.3) is 21.7 Å². The molecule has 0 aliphatic rings. The van der Waals surface area contributed by atoms with Gasteiger partial charge in [-0.1, -0.05) is 54.9 Å². The first-order chi connectivity index (χ1) is 9.36. The molecular weight excluding hydrogens is 316 g/mol. The van der Waals surface area contributed by atoms with Gasteiger partial charge in [-0.2, -0.15) is 0 Å². The molecule has 3 heteroatoms. The third-order valence-electron chi connectivity index (χ3n) is 3.54. The summed E-state index contributed by atoms with van der Waals surface area (Å²) in [5.41, 5.74) is 1.54. The van der Waals surface area contributed by atoms with Crippen LogP contribution in [0.4, 0.5) is 0 Å². The molecule has 0 saturated carbocycles. The molecule has 0 unspecified atom stereocenters. The first-order valence-electron chi connectivity index (χ1n) is 6.53. The average Bonchev–Trinajstić information content (AvgIpc) is 2.37. The van der Waals surface area contributed by atoms with Gasteiger partial charge in [-0.15, -0.1) is 0 Å². The van der Waals surface area contributed by atoms with Crippen LogP contribution < -0.4 is 5.63 Å². The Labute approximate surface area is 125 Å². The number of benzene rings is 2. The van der Waals surface area contributed by atoms with E-state index in [-0.39, 0.29) is 11.0 Å². The molecule has 1 aromatic heterocycles. The summed E-state index contributed by atoms with van der Waals surface area (Å²) in [5, 5.41) is 2.51. The SMILES string of the molecule is CC(C)(C)c1ccc2c(c1)oc(=O)c1cc(Br)ccc12. The molecular formula is C17H15BrO2. The van der Waals surface area contributed by atoms with Gasteiger partial charge in [0.1, 0.15) is 5.58 Å². The molecule has 0 aliphatic heterocycles. The topological polar surface area (TPSA) is 30.2 Å². The van der Waals surface area contributed by atoms with Crippen LogP contribution in [0, 0.1) is 0 Å². The summed E-state index contributed by atoms with van der Waals surface area (Å²) in [7, 11) is 0. The minimum Gasteiger partial charge on any atom is -0.422 e. The maximum atomic E-state index is 12.1. The molecule has 0 fully saturated rings. The van der Waals surface area contributed by atoms with E-state index in [1.807, 2.05) is 24.3 Å². The van der Waals surface area contributed by atoms with Crippen LogP contribution >= 0.6 is 15.9 Å². The molecule has 0 atom stereocenters. The van der Waals surface area contributed by atoms with E-state index in [2.05, 4.69) is 42.8 Å². The summed E-state index contributed by atoms with van der Waals surface area (Å²) in [5.74, 6) is 0. The van der Waals surface area contributed by atoms with Gasteiger partial charge in [0.05, 0.1) is 5.39 Å². The second-order valence-corrected chi connectivity index (χ2v) is 6.96. The maximum absolute atomic E-state index is 12.1. The van der Waals surface area contributed by atoms with Crippen molar-refractivity contribution in [3.63, 3.8) is 0 Å². The number of hydrogen-bond acceptors (Lipinski definition) is 2. The quantitative estimate of drug-likeness (QED) is 0.428. The number of hydrogen-bond donors (Lipinski definition) is 0. The predicted molar refractivity (Wildman–Crippen MR) is 86.4 cm³/mol. The smallest absolute Gasteiger partial charge is 0.344 e. The first kappa shape index (κ1) is 13.4. The van der Waals surface area contributed by atoms with Gasteiger partial charge in [0.25, 0.3) is 0 Å². The van der Waals surface area contributed by atoms with Crippen molar-refractivity contribution in [2.24, 2.45) is 0 Å². The molecule has 102 valence electrons. The predicted octanol–water partition coefficient (Wildman–Crippen LogP) is 5.01. The Kier molecular flexibility index (Phi) is 2.98. The van der Waals surface area contributed by atoms with Gasteiger partial charge in [-0.05, 0) is 34.6 Å². The van der Waals surface area contributed by atoms with Gasteiger partial charge in [-0.25, -0.2) is 4.79 Å². The van der Waals surface area contributed by atoms with E-state index in [4.69, 9.17) is 4.42 Å². The van der Waals surface area contributed by atoms with Crippen LogP contribution in [0.15, 0.2) is 50.1 Å². The summed E-state index contributed by atoms with van der Waals surface area (Å²) in [4.78, 5) is 12.1. The molecule has 0 radical (unpaired) electrons. The van der Waals surface area contributed by atoms with Crippen LogP contribution in [0.1, 0.15) is 26.3 Å². The lowest BCUT2D eigenvalue weighted by atomic mass is 9.86. The van der Waals surface area contributed by atoms with E-state index in [0.717, 1.165) is 20.8 Å². The van der Waals surface area contributed by atoms with Crippen LogP contribution in [0.2, 0.25) is 0 Å². The van der Waals surface area contributed by atoms with Gasteiger partial charge in [-0.3, -0.25) is 0 Å². The summed E-state index contributed by atoms with van der Waals surface area (Å²) in [6, 6.07) is 11.8. The molecule has 0 spiro atoms. The zero-order valence-corrected chi connectivity index (χ0v) is 13.2. The zero-order valence-electron chi connectivity index (χ0n) is 11.7. The minimum atomic E-state index is -0.292. The zero-order chi connectivity index (χ0) is 14.5.